The van der Waals surface area contributed by atoms with E-state index in [9.17, 15) is 51.8 Å². The summed E-state index contributed by atoms with van der Waals surface area (Å²) in [6.45, 7) is -1.34. The van der Waals surface area contributed by atoms with Crippen LogP contribution >= 0.6 is 0 Å². The van der Waals surface area contributed by atoms with Gasteiger partial charge in [-0.1, -0.05) is 75.1 Å². The average molecular weight is 871 g/mol. The molecule has 1 aliphatic carbocycles. The minimum absolute atomic E-state index is 0.0599. The van der Waals surface area contributed by atoms with Crippen LogP contribution in [0, 0.1) is 0 Å². The van der Waals surface area contributed by atoms with Gasteiger partial charge in [0, 0.05) is 19.6 Å². The summed E-state index contributed by atoms with van der Waals surface area (Å²) >= 11 is 0. The third kappa shape index (κ3) is 10.7. The van der Waals surface area contributed by atoms with Crippen molar-refractivity contribution in [2.24, 2.45) is 20.5 Å². The van der Waals surface area contributed by atoms with Crippen molar-refractivity contribution in [1.82, 2.24) is 0 Å². The Morgan fingerprint density at radius 3 is 1.48 bits per heavy atom. The quantitative estimate of drug-likeness (QED) is 0.0593. The molecule has 0 spiro atoms. The van der Waals surface area contributed by atoms with E-state index in [4.69, 9.17) is 33.2 Å². The predicted octanol–water partition coefficient (Wildman–Crippen LogP) is 4.35. The summed E-state index contributed by atoms with van der Waals surface area (Å²) in [5.41, 5.74) is 38.1. The van der Waals surface area contributed by atoms with Gasteiger partial charge in [-0.05, 0) is 64.9 Å². The van der Waals surface area contributed by atoms with E-state index in [-0.39, 0.29) is 16.7 Å². The summed E-state index contributed by atoms with van der Waals surface area (Å²) in [6.07, 6.45) is -18.9. The van der Waals surface area contributed by atoms with Gasteiger partial charge in [0.2, 0.25) is 0 Å². The molecule has 0 amide bonds. The van der Waals surface area contributed by atoms with Crippen molar-refractivity contribution in [3.8, 4) is 0 Å². The van der Waals surface area contributed by atoms with E-state index in [0.29, 0.717) is 0 Å². The van der Waals surface area contributed by atoms with Gasteiger partial charge in [0.15, 0.2) is 24.8 Å². The molecule has 0 radical (unpaired) electrons. The molecule has 25 nitrogen and oxygen atoms in total. The minimum Gasteiger partial charge on any atom is -0.455 e. The molecule has 5 unspecified atom stereocenters. The lowest BCUT2D eigenvalue weighted by Gasteiger charge is -2.47. The number of benzene rings is 3. The van der Waals surface area contributed by atoms with Gasteiger partial charge >= 0.3 is 17.9 Å². The van der Waals surface area contributed by atoms with Crippen LogP contribution in [-0.2, 0) is 33.2 Å². The normalized spacial score (nSPS) is 31.0. The van der Waals surface area contributed by atoms with Crippen molar-refractivity contribution in [2.75, 3.05) is 13.2 Å². The van der Waals surface area contributed by atoms with Crippen LogP contribution in [0.4, 0.5) is 0 Å². The highest BCUT2D eigenvalue weighted by Gasteiger charge is 2.56. The number of carbonyl (C=O) groups is 3. The van der Waals surface area contributed by atoms with Gasteiger partial charge in [-0.25, -0.2) is 14.4 Å². The maximum absolute atomic E-state index is 13.6. The van der Waals surface area contributed by atoms with Crippen LogP contribution in [-0.4, -0.2) is 132 Å². The van der Waals surface area contributed by atoms with E-state index in [1.54, 1.807) is 54.6 Å². The fraction of sp³-hybridized carbons (Fsp3) is 0.447. The number of nitrogens with zero attached hydrogens (tertiary/aromatic N) is 12. The largest absolute Gasteiger partial charge is 0.455 e. The number of ether oxygens (including phenoxy) is 7. The van der Waals surface area contributed by atoms with Crippen LogP contribution in [0.1, 0.15) is 37.5 Å². The Morgan fingerprint density at radius 2 is 1.02 bits per heavy atom. The highest BCUT2D eigenvalue weighted by molar-refractivity contribution is 5.90. The van der Waals surface area contributed by atoms with E-state index in [1.807, 2.05) is 0 Å². The average Bonchev–Trinajstić information content (AvgIpc) is 3.61. The fourth-order valence-electron chi connectivity index (χ4n) is 7.28. The Morgan fingerprint density at radius 1 is 0.571 bits per heavy atom. The highest BCUT2D eigenvalue weighted by Crippen LogP contribution is 2.38. The molecule has 25 heteroatoms. The van der Waals surface area contributed by atoms with Gasteiger partial charge in [-0.15, -0.1) is 0 Å². The third-order valence-electron chi connectivity index (χ3n) is 10.3. The number of azide groups is 4. The zero-order chi connectivity index (χ0) is 44.9. The van der Waals surface area contributed by atoms with Crippen LogP contribution in [0.25, 0.3) is 41.8 Å². The van der Waals surface area contributed by atoms with Gasteiger partial charge in [-0.2, -0.15) is 0 Å². The summed E-state index contributed by atoms with van der Waals surface area (Å²) in [5, 5.41) is 48.1. The van der Waals surface area contributed by atoms with Crippen molar-refractivity contribution in [3.05, 3.63) is 149 Å². The number of rotatable bonds is 16. The summed E-state index contributed by atoms with van der Waals surface area (Å²) < 4.78 is 41.5. The molecular formula is C38H38N12O13. The zero-order valence-corrected chi connectivity index (χ0v) is 32.7. The first-order valence-electron chi connectivity index (χ1n) is 19.1. The van der Waals surface area contributed by atoms with Crippen LogP contribution < -0.4 is 0 Å². The lowest BCUT2D eigenvalue weighted by molar-refractivity contribution is -0.301. The molecule has 1 saturated carbocycles. The molecule has 3 aliphatic rings. The Hall–Kier alpha value is -6.97. The minimum atomic E-state index is -2.00. The number of esters is 3. The van der Waals surface area contributed by atoms with Gasteiger partial charge in [0.05, 0.1) is 54.1 Å². The molecule has 3 aromatic rings. The molecule has 2 aliphatic heterocycles. The number of aliphatic hydroxyl groups excluding tert-OH is 3. The molecule has 3 fully saturated rings. The van der Waals surface area contributed by atoms with Gasteiger partial charge in [-0.3, -0.25) is 0 Å². The van der Waals surface area contributed by atoms with Crippen molar-refractivity contribution in [3.63, 3.8) is 0 Å². The summed E-state index contributed by atoms with van der Waals surface area (Å²) in [7, 11) is 0. The van der Waals surface area contributed by atoms with Crippen molar-refractivity contribution >= 4 is 17.9 Å². The second kappa shape index (κ2) is 21.7. The van der Waals surface area contributed by atoms with Gasteiger partial charge in [0.1, 0.15) is 36.6 Å². The van der Waals surface area contributed by atoms with Gasteiger partial charge < -0.3 is 48.5 Å². The summed E-state index contributed by atoms with van der Waals surface area (Å²) in [5.74, 6) is -2.76. The third-order valence-corrected chi connectivity index (χ3v) is 10.3. The topological polar surface area (TPSA) is 372 Å². The first kappa shape index (κ1) is 45.6. The molecule has 328 valence electrons. The number of hydrogen-bond donors (Lipinski definition) is 3. The molecule has 3 aromatic carbocycles. The standard InChI is InChI=1S/C38H38N12O13/c39-47-43-17-24-31(59-34(54)19-10-4-1-5-11-19)33(61-36(56)21-14-8-3-9-15-21)38(57-24)63-30-23(45-49-41)16-22(44-48-40)29(28(30)53)62-37-26(46-50-42)32(27(52)25(18-51)58-37)60-35(55)20-12-6-2-7-13-20/h1-15,22-33,37-38,51-53H,16-18H2/t22?,23-,24-,25?,26?,27-,28+,29-,30?,31-,32-,33?,37-,38+/m1/s1. The Labute approximate surface area is 355 Å². The van der Waals surface area contributed by atoms with E-state index in [2.05, 4.69) is 40.1 Å². The van der Waals surface area contributed by atoms with Crippen molar-refractivity contribution in [1.29, 1.82) is 0 Å². The second-order valence-electron chi connectivity index (χ2n) is 14.0. The molecule has 63 heavy (non-hydrogen) atoms. The van der Waals surface area contributed by atoms with Crippen molar-refractivity contribution in [2.45, 2.75) is 92.1 Å². The molecule has 3 N–H and O–H groups in total. The lowest BCUT2D eigenvalue weighted by atomic mass is 9.84. The molecule has 2 saturated heterocycles. The highest BCUT2D eigenvalue weighted by atomic mass is 16.7. The van der Waals surface area contributed by atoms with E-state index < -0.39 is 123 Å². The number of aliphatic hydroxyl groups is 3. The Kier molecular flexibility index (Phi) is 15.7. The second-order valence-corrected chi connectivity index (χ2v) is 14.0. The molecule has 2 heterocycles. The van der Waals surface area contributed by atoms with Crippen molar-refractivity contribution < 1.29 is 62.9 Å². The van der Waals surface area contributed by atoms with Gasteiger partial charge in [0.25, 0.3) is 0 Å². The maximum Gasteiger partial charge on any atom is 0.338 e. The van der Waals surface area contributed by atoms with Crippen LogP contribution in [0.5, 0.6) is 0 Å². The van der Waals surface area contributed by atoms with E-state index in [1.165, 1.54) is 36.4 Å². The van der Waals surface area contributed by atoms with E-state index >= 15 is 0 Å². The Balaban J connectivity index is 1.34. The molecular weight excluding hydrogens is 832 g/mol. The van der Waals surface area contributed by atoms with Crippen LogP contribution in [0.2, 0.25) is 0 Å². The fourth-order valence-corrected chi connectivity index (χ4v) is 7.28. The maximum atomic E-state index is 13.6. The van der Waals surface area contributed by atoms with E-state index in [0.717, 1.165) is 0 Å². The molecule has 0 bridgehead atoms. The predicted molar refractivity (Wildman–Crippen MR) is 211 cm³/mol. The summed E-state index contributed by atoms with van der Waals surface area (Å²) in [6, 6.07) is 18.5. The van der Waals surface area contributed by atoms with Crippen LogP contribution in [0.3, 0.4) is 0 Å². The first-order valence-corrected chi connectivity index (χ1v) is 19.1. The molecule has 14 atom stereocenters. The molecule has 6 rings (SSSR count). The first-order chi connectivity index (χ1) is 30.6. The SMILES string of the molecule is [N-]=[N+]=NC[C@H]1O[C@@H](OC2[C@@H](O)[C@H](O[C@H]3OC(CO)[C@@H](O)[C@H](OC(=O)c4ccccc4)C3N=[N+]=[N-])C(N=[N+]=[N-])C[C@H]2N=[N+]=[N-])C(OC(=O)c2ccccc2)[C@@H]1OC(=O)c1ccccc1. The monoisotopic (exact) mass is 870 g/mol. The number of hydrogen-bond acceptors (Lipinski definition) is 17. The summed E-state index contributed by atoms with van der Waals surface area (Å²) in [4.78, 5) is 51.4. The number of carbonyl (C=O) groups excluding carboxylic acids is 3. The Bertz CT molecular complexity index is 2260. The molecule has 0 aromatic heterocycles. The van der Waals surface area contributed by atoms with Crippen LogP contribution in [0.15, 0.2) is 111 Å². The zero-order valence-electron chi connectivity index (χ0n) is 32.7. The smallest absolute Gasteiger partial charge is 0.338 e. The lowest BCUT2D eigenvalue weighted by Crippen LogP contribution is -2.63.